The maximum absolute atomic E-state index is 12.2. The first-order chi connectivity index (χ1) is 8.54. The van der Waals surface area contributed by atoms with Gasteiger partial charge in [0.15, 0.2) is 0 Å². The van der Waals surface area contributed by atoms with Crippen LogP contribution < -0.4 is 10.5 Å². The molecule has 2 rings (SSSR count). The lowest BCUT2D eigenvalue weighted by atomic mass is 10.1. The Hall–Kier alpha value is -1.11. The molecule has 0 amide bonds. The van der Waals surface area contributed by atoms with Crippen molar-refractivity contribution in [3.8, 4) is 0 Å². The number of hydrogen-bond donors (Lipinski definition) is 2. The van der Waals surface area contributed by atoms with E-state index in [2.05, 4.69) is 4.72 Å². The normalized spacial score (nSPS) is 17.0. The maximum atomic E-state index is 12.2. The highest BCUT2D eigenvalue weighted by Gasteiger charge is 2.25. The number of nitrogens with two attached hydrogens (primary N) is 1. The summed E-state index contributed by atoms with van der Waals surface area (Å²) < 4.78 is 28.4. The molecule has 0 radical (unpaired) electrons. The Morgan fingerprint density at radius 2 is 2.00 bits per heavy atom. The zero-order valence-corrected chi connectivity index (χ0v) is 11.3. The number of nitrogens with zero attached hydrogens (tertiary/aromatic N) is 1. The number of benzene rings is 1. The first-order valence-electron chi connectivity index (χ1n) is 6.11. The van der Waals surface area contributed by atoms with Crippen LogP contribution in [0.3, 0.4) is 0 Å². The van der Waals surface area contributed by atoms with E-state index in [-0.39, 0.29) is 0 Å². The van der Waals surface area contributed by atoms with Crippen LogP contribution in [-0.4, -0.2) is 25.8 Å². The molecule has 18 heavy (non-hydrogen) atoms. The van der Waals surface area contributed by atoms with Gasteiger partial charge in [-0.3, -0.25) is 4.72 Å². The molecule has 0 spiro atoms. The number of hydrogen-bond acceptors (Lipinski definition) is 3. The van der Waals surface area contributed by atoms with Crippen molar-refractivity contribution in [3.05, 3.63) is 29.3 Å². The minimum atomic E-state index is -3.43. The fraction of sp³-hybridized carbons (Fsp3) is 0.500. The van der Waals surface area contributed by atoms with Gasteiger partial charge in [-0.1, -0.05) is 12.1 Å². The monoisotopic (exact) mass is 269 g/mol. The molecule has 0 unspecified atom stereocenters. The van der Waals surface area contributed by atoms with Crippen LogP contribution in [0.5, 0.6) is 0 Å². The van der Waals surface area contributed by atoms with Crippen molar-refractivity contribution in [1.29, 1.82) is 0 Å². The molecule has 6 heteroatoms. The largest absolute Gasteiger partial charge is 0.326 e. The molecule has 1 aromatic carbocycles. The van der Waals surface area contributed by atoms with E-state index < -0.39 is 10.2 Å². The van der Waals surface area contributed by atoms with E-state index in [0.29, 0.717) is 25.3 Å². The summed E-state index contributed by atoms with van der Waals surface area (Å²) >= 11 is 0. The molecule has 1 heterocycles. The molecule has 3 N–H and O–H groups in total. The predicted octanol–water partition coefficient (Wildman–Crippen LogP) is 1.21. The first-order valence-corrected chi connectivity index (χ1v) is 7.55. The van der Waals surface area contributed by atoms with Gasteiger partial charge in [0.25, 0.3) is 0 Å². The molecular formula is C12H19N3O2S. The molecule has 1 aliphatic rings. The van der Waals surface area contributed by atoms with Gasteiger partial charge < -0.3 is 5.73 Å². The fourth-order valence-electron chi connectivity index (χ4n) is 2.20. The number of aryl methyl sites for hydroxylation is 1. The van der Waals surface area contributed by atoms with Gasteiger partial charge in [0.05, 0.1) is 5.69 Å². The van der Waals surface area contributed by atoms with Crippen molar-refractivity contribution in [2.24, 2.45) is 5.73 Å². The molecule has 1 aromatic rings. The lowest BCUT2D eigenvalue weighted by molar-refractivity contribution is 0.482. The topological polar surface area (TPSA) is 75.4 Å². The van der Waals surface area contributed by atoms with Gasteiger partial charge in [-0.25, -0.2) is 0 Å². The Morgan fingerprint density at radius 1 is 1.33 bits per heavy atom. The number of anilines is 1. The first kappa shape index (κ1) is 13.3. The molecule has 5 nitrogen and oxygen atoms in total. The van der Waals surface area contributed by atoms with Gasteiger partial charge in [0, 0.05) is 19.6 Å². The summed E-state index contributed by atoms with van der Waals surface area (Å²) in [6.45, 7) is 3.44. The average Bonchev–Trinajstić information content (AvgIpc) is 2.83. The van der Waals surface area contributed by atoms with Crippen LogP contribution >= 0.6 is 0 Å². The second-order valence-electron chi connectivity index (χ2n) is 4.52. The second-order valence-corrected chi connectivity index (χ2v) is 6.19. The van der Waals surface area contributed by atoms with E-state index >= 15 is 0 Å². The SMILES string of the molecule is Cc1cccc(NS(=O)(=O)N2CCCC2)c1CN. The lowest BCUT2D eigenvalue weighted by Crippen LogP contribution is -2.33. The van der Waals surface area contributed by atoms with Gasteiger partial charge in [0.1, 0.15) is 0 Å². The summed E-state index contributed by atoms with van der Waals surface area (Å²) in [5.74, 6) is 0. The maximum Gasteiger partial charge on any atom is 0.301 e. The molecule has 1 saturated heterocycles. The van der Waals surface area contributed by atoms with E-state index in [1.807, 2.05) is 19.1 Å². The Morgan fingerprint density at radius 3 is 2.61 bits per heavy atom. The van der Waals surface area contributed by atoms with Gasteiger partial charge in [-0.2, -0.15) is 12.7 Å². The Bertz CT molecular complexity index is 522. The minimum absolute atomic E-state index is 0.324. The van der Waals surface area contributed by atoms with Gasteiger partial charge in [0.2, 0.25) is 0 Å². The summed E-state index contributed by atoms with van der Waals surface area (Å²) in [4.78, 5) is 0. The molecule has 100 valence electrons. The third kappa shape index (κ3) is 2.66. The van der Waals surface area contributed by atoms with Crippen molar-refractivity contribution in [2.75, 3.05) is 17.8 Å². The van der Waals surface area contributed by atoms with E-state index in [1.54, 1.807) is 6.07 Å². The molecular weight excluding hydrogens is 250 g/mol. The summed E-state index contributed by atoms with van der Waals surface area (Å²) in [5, 5.41) is 0. The van der Waals surface area contributed by atoms with E-state index in [0.717, 1.165) is 24.0 Å². The number of rotatable bonds is 4. The van der Waals surface area contributed by atoms with Gasteiger partial charge in [-0.05, 0) is 37.0 Å². The van der Waals surface area contributed by atoms with E-state index in [1.165, 1.54) is 4.31 Å². The van der Waals surface area contributed by atoms with Crippen LogP contribution in [0.4, 0.5) is 5.69 Å². The lowest BCUT2D eigenvalue weighted by Gasteiger charge is -2.19. The van der Waals surface area contributed by atoms with Crippen LogP contribution in [-0.2, 0) is 16.8 Å². The summed E-state index contributed by atoms with van der Waals surface area (Å²) in [7, 11) is -3.43. The van der Waals surface area contributed by atoms with Crippen LogP contribution in [0.25, 0.3) is 0 Å². The molecule has 0 saturated carbocycles. The summed E-state index contributed by atoms with van der Waals surface area (Å²) in [5.41, 5.74) is 8.11. The fourth-order valence-corrected chi connectivity index (χ4v) is 3.54. The highest BCUT2D eigenvalue weighted by atomic mass is 32.2. The smallest absolute Gasteiger partial charge is 0.301 e. The predicted molar refractivity (Wildman–Crippen MR) is 72.4 cm³/mol. The second kappa shape index (κ2) is 5.26. The molecule has 0 aromatic heterocycles. The van der Waals surface area contributed by atoms with Crippen molar-refractivity contribution in [2.45, 2.75) is 26.3 Å². The minimum Gasteiger partial charge on any atom is -0.326 e. The molecule has 0 atom stereocenters. The van der Waals surface area contributed by atoms with E-state index in [9.17, 15) is 8.42 Å². The Kier molecular flexibility index (Phi) is 3.89. The summed E-state index contributed by atoms with van der Waals surface area (Å²) in [6, 6.07) is 5.51. The highest BCUT2D eigenvalue weighted by Crippen LogP contribution is 2.22. The molecule has 0 bridgehead atoms. The van der Waals surface area contributed by atoms with Crippen LogP contribution in [0, 0.1) is 6.92 Å². The van der Waals surface area contributed by atoms with E-state index in [4.69, 9.17) is 5.73 Å². The van der Waals surface area contributed by atoms with Crippen LogP contribution in [0.2, 0.25) is 0 Å². The Labute approximate surface area is 108 Å². The quantitative estimate of drug-likeness (QED) is 0.862. The average molecular weight is 269 g/mol. The number of nitrogens with one attached hydrogen (secondary N) is 1. The highest BCUT2D eigenvalue weighted by molar-refractivity contribution is 7.90. The molecule has 0 aliphatic carbocycles. The Balaban J connectivity index is 2.26. The van der Waals surface area contributed by atoms with Crippen molar-refractivity contribution in [1.82, 2.24) is 4.31 Å². The molecule has 1 fully saturated rings. The van der Waals surface area contributed by atoms with Crippen molar-refractivity contribution >= 4 is 15.9 Å². The zero-order chi connectivity index (χ0) is 13.2. The van der Waals surface area contributed by atoms with Gasteiger partial charge >= 0.3 is 10.2 Å². The van der Waals surface area contributed by atoms with Crippen LogP contribution in [0.1, 0.15) is 24.0 Å². The zero-order valence-electron chi connectivity index (χ0n) is 10.5. The standard InChI is InChI=1S/C12H19N3O2S/c1-10-5-4-6-12(11(10)9-13)14-18(16,17)15-7-2-3-8-15/h4-6,14H,2-3,7-9,13H2,1H3. The van der Waals surface area contributed by atoms with Gasteiger partial charge in [-0.15, -0.1) is 0 Å². The molecule has 1 aliphatic heterocycles. The van der Waals surface area contributed by atoms with Crippen molar-refractivity contribution in [3.63, 3.8) is 0 Å². The summed E-state index contributed by atoms with van der Waals surface area (Å²) in [6.07, 6.45) is 1.86. The van der Waals surface area contributed by atoms with Crippen molar-refractivity contribution < 1.29 is 8.42 Å². The third-order valence-electron chi connectivity index (χ3n) is 3.26. The van der Waals surface area contributed by atoms with Crippen LogP contribution in [0.15, 0.2) is 18.2 Å². The third-order valence-corrected chi connectivity index (χ3v) is 4.78.